The van der Waals surface area contributed by atoms with Crippen molar-refractivity contribution in [3.63, 3.8) is 0 Å². The Morgan fingerprint density at radius 3 is 1.91 bits per heavy atom. The Bertz CT molecular complexity index is 651. The monoisotopic (exact) mass is 332 g/mol. The first-order valence-corrected chi connectivity index (χ1v) is 8.15. The second kappa shape index (κ2) is 6.67. The van der Waals surface area contributed by atoms with E-state index >= 15 is 0 Å². The number of thioether (sulfide) groups is 1. The van der Waals surface area contributed by atoms with Gasteiger partial charge in [-0.25, -0.2) is 0 Å². The van der Waals surface area contributed by atoms with Gasteiger partial charge < -0.3 is 10.8 Å². The predicted molar refractivity (Wildman–Crippen MR) is 95.9 cm³/mol. The van der Waals surface area contributed by atoms with E-state index in [0.717, 1.165) is 28.5 Å². The van der Waals surface area contributed by atoms with Crippen LogP contribution in [0.25, 0.3) is 6.08 Å². The average molecular weight is 332 g/mol. The van der Waals surface area contributed by atoms with E-state index in [1.807, 2.05) is 59.1 Å². The lowest BCUT2D eigenvalue weighted by molar-refractivity contribution is -0.113. The minimum atomic E-state index is -0.640. The number of phenols is 1. The number of hydrogen-bond acceptors (Lipinski definition) is 4. The molecule has 0 aliphatic rings. The molecule has 5 heteroatoms. The highest BCUT2D eigenvalue weighted by molar-refractivity contribution is 8.08. The fraction of sp³-hybridized carbons (Fsp3) is 0.444. The van der Waals surface area contributed by atoms with Gasteiger partial charge in [0, 0.05) is 11.1 Å². The van der Waals surface area contributed by atoms with Crippen LogP contribution >= 0.6 is 11.8 Å². The number of carbonyl (C=O) groups excluding carboxylic acids is 1. The van der Waals surface area contributed by atoms with Gasteiger partial charge in [0.25, 0.3) is 5.91 Å². The normalized spacial score (nSPS) is 12.8. The number of carbonyl (C=O) groups is 1. The zero-order chi connectivity index (χ0) is 18.0. The zero-order valence-corrected chi connectivity index (χ0v) is 15.3. The number of phenolic OH excluding ortho intramolecular Hbond substituents is 1. The number of thiocyanates is 1. The van der Waals surface area contributed by atoms with Gasteiger partial charge >= 0.3 is 0 Å². The second-order valence-electron chi connectivity index (χ2n) is 7.53. The first-order chi connectivity index (χ1) is 10.4. The Morgan fingerprint density at radius 2 is 1.61 bits per heavy atom. The molecular weight excluding hydrogens is 308 g/mol. The maximum absolute atomic E-state index is 11.5. The summed E-state index contributed by atoms with van der Waals surface area (Å²) < 4.78 is 0. The molecule has 3 N–H and O–H groups in total. The number of nitriles is 1. The molecule has 0 saturated heterocycles. The van der Waals surface area contributed by atoms with Crippen LogP contribution in [0, 0.1) is 10.7 Å². The highest BCUT2D eigenvalue weighted by Crippen LogP contribution is 2.40. The highest BCUT2D eigenvalue weighted by atomic mass is 32.2. The van der Waals surface area contributed by atoms with E-state index in [-0.39, 0.29) is 21.5 Å². The summed E-state index contributed by atoms with van der Waals surface area (Å²) in [5.74, 6) is -0.366. The van der Waals surface area contributed by atoms with Crippen LogP contribution in [-0.4, -0.2) is 11.0 Å². The molecule has 0 spiro atoms. The summed E-state index contributed by atoms with van der Waals surface area (Å²) in [4.78, 5) is 11.6. The summed E-state index contributed by atoms with van der Waals surface area (Å²) in [7, 11) is 0. The third kappa shape index (κ3) is 4.77. The molecule has 0 unspecified atom stereocenters. The van der Waals surface area contributed by atoms with E-state index in [1.165, 1.54) is 0 Å². The number of benzene rings is 1. The summed E-state index contributed by atoms with van der Waals surface area (Å²) in [5, 5.41) is 21.3. The molecule has 124 valence electrons. The van der Waals surface area contributed by atoms with Gasteiger partial charge in [0.15, 0.2) is 0 Å². The number of nitrogens with two attached hydrogens (primary N) is 1. The maximum Gasteiger partial charge on any atom is 0.256 e. The van der Waals surface area contributed by atoms with Crippen molar-refractivity contribution in [1.82, 2.24) is 0 Å². The summed E-state index contributed by atoms with van der Waals surface area (Å²) in [5.41, 5.74) is 7.13. The molecule has 0 atom stereocenters. The van der Waals surface area contributed by atoms with Gasteiger partial charge in [-0.05, 0) is 46.4 Å². The van der Waals surface area contributed by atoms with E-state index in [0.29, 0.717) is 0 Å². The maximum atomic E-state index is 11.5. The zero-order valence-electron chi connectivity index (χ0n) is 14.5. The molecule has 1 rings (SSSR count). The van der Waals surface area contributed by atoms with Crippen molar-refractivity contribution in [3.05, 3.63) is 33.7 Å². The quantitative estimate of drug-likeness (QED) is 0.646. The molecule has 1 amide bonds. The molecule has 0 fully saturated rings. The van der Waals surface area contributed by atoms with Gasteiger partial charge in [-0.1, -0.05) is 41.5 Å². The topological polar surface area (TPSA) is 87.1 Å². The first-order valence-electron chi connectivity index (χ1n) is 7.33. The van der Waals surface area contributed by atoms with Crippen molar-refractivity contribution in [3.8, 4) is 11.2 Å². The van der Waals surface area contributed by atoms with Crippen LogP contribution in [0.15, 0.2) is 17.0 Å². The Balaban J connectivity index is 3.66. The number of hydrogen-bond donors (Lipinski definition) is 2. The first kappa shape index (κ1) is 19.1. The fourth-order valence-electron chi connectivity index (χ4n) is 2.23. The molecule has 0 bridgehead atoms. The lowest BCUT2D eigenvalue weighted by Crippen LogP contribution is -2.17. The Morgan fingerprint density at radius 1 is 1.17 bits per heavy atom. The lowest BCUT2D eigenvalue weighted by atomic mass is 9.78. The number of aromatic hydroxyl groups is 1. The largest absolute Gasteiger partial charge is 0.507 e. The number of amides is 1. The van der Waals surface area contributed by atoms with E-state index in [4.69, 9.17) is 11.0 Å². The third-order valence-electron chi connectivity index (χ3n) is 3.44. The highest BCUT2D eigenvalue weighted by Gasteiger charge is 2.26. The molecule has 1 aromatic rings. The minimum absolute atomic E-state index is 0.179. The van der Waals surface area contributed by atoms with Gasteiger partial charge in [0.05, 0.1) is 4.91 Å². The lowest BCUT2D eigenvalue weighted by Gasteiger charge is -2.28. The molecular formula is C18H24N2O2S. The van der Waals surface area contributed by atoms with Crippen LogP contribution in [0.5, 0.6) is 5.75 Å². The number of nitrogens with zero attached hydrogens (tertiary/aromatic N) is 1. The minimum Gasteiger partial charge on any atom is -0.507 e. The van der Waals surface area contributed by atoms with Crippen LogP contribution in [0.4, 0.5) is 0 Å². The molecule has 0 heterocycles. The van der Waals surface area contributed by atoms with Gasteiger partial charge in [0.2, 0.25) is 0 Å². The molecule has 0 saturated carbocycles. The SMILES string of the molecule is CC(C)(C)c1cc(/C=C(\SC#N)C(N)=O)cc(C(C)(C)C)c1O. The van der Waals surface area contributed by atoms with Gasteiger partial charge in [0.1, 0.15) is 11.2 Å². The molecule has 1 aromatic carbocycles. The Kier molecular flexibility index (Phi) is 5.55. The fourth-order valence-corrected chi connectivity index (χ4v) is 2.63. The van der Waals surface area contributed by atoms with Crippen molar-refractivity contribution in [2.75, 3.05) is 0 Å². The summed E-state index contributed by atoms with van der Waals surface area (Å²) in [6, 6.07) is 3.68. The molecule has 0 aromatic heterocycles. The van der Waals surface area contributed by atoms with Gasteiger partial charge in [-0.2, -0.15) is 5.26 Å². The summed E-state index contributed by atoms with van der Waals surface area (Å²) in [6.45, 7) is 12.1. The standard InChI is InChI=1S/C18H24N2O2S/c1-17(2,3)12-7-11(9-14(16(20)22)23-10-19)8-13(15(12)21)18(4,5)6/h7-9,21H,1-6H3,(H2,20,22)/b14-9-. The predicted octanol–water partition coefficient (Wildman–Crippen LogP) is 4.03. The van der Waals surface area contributed by atoms with Crippen LogP contribution in [0.1, 0.15) is 58.2 Å². The van der Waals surface area contributed by atoms with Crippen LogP contribution < -0.4 is 5.73 Å². The molecule has 0 aliphatic heterocycles. The van der Waals surface area contributed by atoms with Crippen molar-refractivity contribution in [1.29, 1.82) is 5.26 Å². The van der Waals surface area contributed by atoms with E-state index < -0.39 is 5.91 Å². The number of primary amides is 1. The Hall–Kier alpha value is -1.93. The van der Waals surface area contributed by atoms with Crippen molar-refractivity contribution in [2.24, 2.45) is 5.73 Å². The second-order valence-corrected chi connectivity index (χ2v) is 8.36. The Labute approximate surface area is 142 Å². The van der Waals surface area contributed by atoms with E-state index in [1.54, 1.807) is 6.08 Å². The third-order valence-corrected chi connectivity index (χ3v) is 4.07. The van der Waals surface area contributed by atoms with Gasteiger partial charge in [-0.15, -0.1) is 0 Å². The molecule has 0 aliphatic carbocycles. The molecule has 0 radical (unpaired) electrons. The van der Waals surface area contributed by atoms with Crippen molar-refractivity contribution < 1.29 is 9.90 Å². The van der Waals surface area contributed by atoms with Crippen LogP contribution in [0.3, 0.4) is 0 Å². The summed E-state index contributed by atoms with van der Waals surface area (Å²) in [6.07, 6.45) is 1.60. The molecule has 23 heavy (non-hydrogen) atoms. The van der Waals surface area contributed by atoms with Crippen molar-refractivity contribution >= 4 is 23.7 Å². The van der Waals surface area contributed by atoms with Crippen molar-refractivity contribution in [2.45, 2.75) is 52.4 Å². The average Bonchev–Trinajstić information content (AvgIpc) is 2.37. The number of rotatable bonds is 3. The van der Waals surface area contributed by atoms with Crippen LogP contribution in [0.2, 0.25) is 0 Å². The van der Waals surface area contributed by atoms with Gasteiger partial charge in [-0.3, -0.25) is 4.79 Å². The van der Waals surface area contributed by atoms with E-state index in [9.17, 15) is 9.90 Å². The molecule has 4 nitrogen and oxygen atoms in total. The van der Waals surface area contributed by atoms with E-state index in [2.05, 4.69) is 0 Å². The smallest absolute Gasteiger partial charge is 0.256 e. The summed E-state index contributed by atoms with van der Waals surface area (Å²) >= 11 is 0.740. The van der Waals surface area contributed by atoms with Crippen LogP contribution in [-0.2, 0) is 15.6 Å².